The summed E-state index contributed by atoms with van der Waals surface area (Å²) in [6.07, 6.45) is -0.990. The molecule has 2 heterocycles. The monoisotopic (exact) mass is 516 g/mol. The number of carbonyl (C=O) groups excluding carboxylic acids is 1. The van der Waals surface area contributed by atoms with Crippen LogP contribution < -0.4 is 4.74 Å². The highest BCUT2D eigenvalue weighted by Crippen LogP contribution is 2.53. The van der Waals surface area contributed by atoms with Crippen molar-refractivity contribution >= 4 is 5.91 Å². The van der Waals surface area contributed by atoms with Gasteiger partial charge in [0.2, 0.25) is 0 Å². The molecular weight excluding hydrogens is 481 g/mol. The van der Waals surface area contributed by atoms with Crippen LogP contribution in [0, 0.1) is 11.3 Å². The van der Waals surface area contributed by atoms with Crippen molar-refractivity contribution in [1.29, 1.82) is 0 Å². The molecular formula is C29H35F3N2O3. The summed E-state index contributed by atoms with van der Waals surface area (Å²) in [4.78, 5) is 16.2. The third-order valence-electron chi connectivity index (χ3n) is 8.40. The zero-order valence-corrected chi connectivity index (χ0v) is 21.1. The number of hydrogen-bond acceptors (Lipinski definition) is 4. The zero-order valence-electron chi connectivity index (χ0n) is 21.1. The molecule has 8 heteroatoms. The molecule has 200 valence electrons. The Morgan fingerprint density at radius 1 is 0.946 bits per heavy atom. The number of amides is 1. The van der Waals surface area contributed by atoms with Crippen molar-refractivity contribution in [2.75, 3.05) is 39.3 Å². The summed E-state index contributed by atoms with van der Waals surface area (Å²) >= 11 is 0. The highest BCUT2D eigenvalue weighted by molar-refractivity contribution is 5.95. The molecule has 3 fully saturated rings. The van der Waals surface area contributed by atoms with E-state index in [1.165, 1.54) is 0 Å². The van der Waals surface area contributed by atoms with Crippen LogP contribution in [0.2, 0.25) is 0 Å². The van der Waals surface area contributed by atoms with E-state index in [-0.39, 0.29) is 25.3 Å². The lowest BCUT2D eigenvalue weighted by molar-refractivity contribution is -0.256. The van der Waals surface area contributed by atoms with E-state index in [0.29, 0.717) is 57.1 Å². The summed E-state index contributed by atoms with van der Waals surface area (Å²) in [5.74, 6) is 1.07. The Morgan fingerprint density at radius 2 is 1.57 bits per heavy atom. The van der Waals surface area contributed by atoms with Crippen LogP contribution in [-0.2, 0) is 0 Å². The molecule has 1 N–H and O–H groups in total. The fourth-order valence-corrected chi connectivity index (χ4v) is 5.75. The van der Waals surface area contributed by atoms with Crippen LogP contribution in [0.15, 0.2) is 48.5 Å². The second-order valence-electron chi connectivity index (χ2n) is 11.0. The number of likely N-dealkylation sites (tertiary alicyclic amines) is 2. The van der Waals surface area contributed by atoms with Crippen molar-refractivity contribution in [3.8, 4) is 16.9 Å². The molecule has 2 aliphatic heterocycles. The van der Waals surface area contributed by atoms with Crippen LogP contribution in [0.25, 0.3) is 11.1 Å². The molecule has 2 aromatic carbocycles. The van der Waals surface area contributed by atoms with Crippen LogP contribution in [0.3, 0.4) is 0 Å². The maximum Gasteiger partial charge on any atom is 0.395 e. The van der Waals surface area contributed by atoms with Crippen molar-refractivity contribution in [1.82, 2.24) is 9.80 Å². The highest BCUT2D eigenvalue weighted by Gasteiger charge is 2.58. The molecule has 3 aliphatic rings. The van der Waals surface area contributed by atoms with E-state index in [4.69, 9.17) is 4.74 Å². The molecule has 5 rings (SSSR count). The first-order valence-electron chi connectivity index (χ1n) is 13.3. The number of aliphatic hydroxyl groups excluding tert-OH is 1. The molecule has 0 radical (unpaired) electrons. The Kier molecular flexibility index (Phi) is 7.50. The molecule has 5 nitrogen and oxygen atoms in total. The molecule has 0 spiro atoms. The Morgan fingerprint density at radius 3 is 2.08 bits per heavy atom. The highest BCUT2D eigenvalue weighted by atomic mass is 19.4. The molecule has 37 heavy (non-hydrogen) atoms. The average molecular weight is 517 g/mol. The lowest BCUT2D eigenvalue weighted by Crippen LogP contribution is -2.53. The minimum absolute atomic E-state index is 0.0550. The van der Waals surface area contributed by atoms with Gasteiger partial charge in [-0.3, -0.25) is 4.79 Å². The number of halogens is 3. The van der Waals surface area contributed by atoms with Crippen LogP contribution >= 0.6 is 0 Å². The Labute approximate surface area is 216 Å². The maximum absolute atomic E-state index is 13.5. The van der Waals surface area contributed by atoms with E-state index in [9.17, 15) is 23.1 Å². The largest absolute Gasteiger partial charge is 0.493 e. The summed E-state index contributed by atoms with van der Waals surface area (Å²) in [5.41, 5.74) is 1.15. The first kappa shape index (κ1) is 26.0. The summed E-state index contributed by atoms with van der Waals surface area (Å²) in [5, 5.41) is 9.66. The molecule has 0 bridgehead atoms. The van der Waals surface area contributed by atoms with Crippen LogP contribution in [0.4, 0.5) is 13.2 Å². The number of hydrogen-bond donors (Lipinski definition) is 1. The van der Waals surface area contributed by atoms with Crippen molar-refractivity contribution in [2.24, 2.45) is 11.3 Å². The molecule has 2 saturated heterocycles. The molecule has 1 amide bonds. The van der Waals surface area contributed by atoms with Crippen LogP contribution in [0.5, 0.6) is 5.75 Å². The summed E-state index contributed by atoms with van der Waals surface area (Å²) in [7, 11) is 0. The van der Waals surface area contributed by atoms with Gasteiger partial charge in [0, 0.05) is 25.2 Å². The van der Waals surface area contributed by atoms with E-state index < -0.39 is 17.7 Å². The van der Waals surface area contributed by atoms with E-state index in [1.807, 2.05) is 53.4 Å². The van der Waals surface area contributed by atoms with Crippen molar-refractivity contribution < 1.29 is 27.8 Å². The molecule has 1 aliphatic carbocycles. The number of β-amino-alcohol motifs (C(OH)–C–C–N with tert-alkyl or cyclic N) is 1. The summed E-state index contributed by atoms with van der Waals surface area (Å²) in [6.45, 7) is 3.08. The smallest absolute Gasteiger partial charge is 0.395 e. The molecule has 0 unspecified atom stereocenters. The summed E-state index contributed by atoms with van der Waals surface area (Å²) < 4.78 is 46.5. The molecule has 2 aromatic rings. The van der Waals surface area contributed by atoms with Crippen molar-refractivity contribution in [3.05, 3.63) is 54.1 Å². The van der Waals surface area contributed by atoms with Crippen LogP contribution in [-0.4, -0.2) is 72.4 Å². The number of benzene rings is 2. The number of rotatable bonds is 7. The maximum atomic E-state index is 13.5. The number of ether oxygens (including phenoxy) is 1. The fourth-order valence-electron chi connectivity index (χ4n) is 5.75. The van der Waals surface area contributed by atoms with E-state index >= 15 is 0 Å². The predicted molar refractivity (Wildman–Crippen MR) is 135 cm³/mol. The van der Waals surface area contributed by atoms with Gasteiger partial charge >= 0.3 is 6.18 Å². The van der Waals surface area contributed by atoms with Gasteiger partial charge in [0.1, 0.15) is 5.75 Å². The fraction of sp³-hybridized carbons (Fsp3) is 0.552. The van der Waals surface area contributed by atoms with Crippen LogP contribution in [0.1, 0.15) is 48.9 Å². The normalized spacial score (nSPS) is 22.6. The number of aliphatic hydroxyl groups is 1. The van der Waals surface area contributed by atoms with Gasteiger partial charge in [-0.25, -0.2) is 0 Å². The first-order valence-corrected chi connectivity index (χ1v) is 13.3. The van der Waals surface area contributed by atoms with Gasteiger partial charge in [0.25, 0.3) is 5.91 Å². The number of piperidine rings is 1. The van der Waals surface area contributed by atoms with E-state index in [0.717, 1.165) is 29.7 Å². The second-order valence-corrected chi connectivity index (χ2v) is 11.0. The third-order valence-corrected chi connectivity index (χ3v) is 8.40. The lowest BCUT2D eigenvalue weighted by Gasteiger charge is -2.47. The average Bonchev–Trinajstić information content (AvgIpc) is 3.31. The first-order chi connectivity index (χ1) is 17.7. The van der Waals surface area contributed by atoms with Gasteiger partial charge in [0.15, 0.2) is 0 Å². The van der Waals surface area contributed by atoms with Gasteiger partial charge in [-0.15, -0.1) is 0 Å². The minimum Gasteiger partial charge on any atom is -0.493 e. The Balaban J connectivity index is 1.08. The SMILES string of the molecule is O=C(c1ccc(-c2ccc(OCC3CCN(CC4(C(F)(F)F)CCC4)CC3)cc2)cc1)N1CC[C@H](O)C1. The summed E-state index contributed by atoms with van der Waals surface area (Å²) in [6, 6.07) is 15.3. The molecule has 1 atom stereocenters. The molecule has 0 aromatic heterocycles. The zero-order chi connectivity index (χ0) is 26.0. The van der Waals surface area contributed by atoms with Gasteiger partial charge in [-0.1, -0.05) is 30.7 Å². The number of carbonyl (C=O) groups is 1. The third kappa shape index (κ3) is 5.80. The topological polar surface area (TPSA) is 53.0 Å². The molecule has 1 saturated carbocycles. The van der Waals surface area contributed by atoms with Crippen molar-refractivity contribution in [3.63, 3.8) is 0 Å². The van der Waals surface area contributed by atoms with Gasteiger partial charge in [-0.2, -0.15) is 13.2 Å². The quantitative estimate of drug-likeness (QED) is 0.537. The van der Waals surface area contributed by atoms with Gasteiger partial charge < -0.3 is 19.6 Å². The van der Waals surface area contributed by atoms with E-state index in [2.05, 4.69) is 0 Å². The van der Waals surface area contributed by atoms with Crippen molar-refractivity contribution in [2.45, 2.75) is 50.8 Å². The van der Waals surface area contributed by atoms with Gasteiger partial charge in [-0.05, 0) is 86.5 Å². The minimum atomic E-state index is -4.10. The van der Waals surface area contributed by atoms with E-state index in [1.54, 1.807) is 4.90 Å². The predicted octanol–water partition coefficient (Wildman–Crippen LogP) is 5.38. The van der Waals surface area contributed by atoms with Gasteiger partial charge in [0.05, 0.1) is 18.1 Å². The Bertz CT molecular complexity index is 1060. The second kappa shape index (κ2) is 10.7. The number of nitrogens with zero attached hydrogens (tertiary/aromatic N) is 2. The lowest BCUT2D eigenvalue weighted by atomic mass is 9.67. The number of alkyl halides is 3. The Hall–Kier alpha value is -2.58. The standard InChI is InChI=1S/C29H35F3N2O3/c30-29(31,32)28(13-1-14-28)20-33-15-10-21(11-16-33)19-37-26-8-6-23(7-9-26)22-2-4-24(5-3-22)27(36)34-17-12-25(35)18-34/h2-9,21,25,35H,1,10-20H2/t25-/m0/s1.